The van der Waals surface area contributed by atoms with Crippen LogP contribution in [0.5, 0.6) is 0 Å². The Bertz CT molecular complexity index is 573. The van der Waals surface area contributed by atoms with E-state index >= 15 is 0 Å². The molecule has 2 aromatic rings. The summed E-state index contributed by atoms with van der Waals surface area (Å²) in [5, 5.41) is 3.51. The molecule has 0 saturated carbocycles. The summed E-state index contributed by atoms with van der Waals surface area (Å²) in [4.78, 5) is 0. The van der Waals surface area contributed by atoms with Gasteiger partial charge in [0, 0.05) is 18.8 Å². The second-order valence-electron chi connectivity index (χ2n) is 5.13. The summed E-state index contributed by atoms with van der Waals surface area (Å²) >= 11 is 0. The summed E-state index contributed by atoms with van der Waals surface area (Å²) in [5.41, 5.74) is 13.3. The maximum atomic E-state index is 5.67. The first kappa shape index (κ1) is 13.6. The summed E-state index contributed by atoms with van der Waals surface area (Å²) in [7, 11) is 0. The van der Waals surface area contributed by atoms with E-state index in [0.29, 0.717) is 6.54 Å². The number of nitrogens with one attached hydrogen (secondary N) is 1. The Kier molecular flexibility index (Phi) is 4.23. The fourth-order valence-electron chi connectivity index (χ4n) is 2.21. The topological polar surface area (TPSA) is 38.0 Å². The summed E-state index contributed by atoms with van der Waals surface area (Å²) in [6, 6.07) is 12.9. The van der Waals surface area contributed by atoms with Crippen molar-refractivity contribution in [1.29, 1.82) is 0 Å². The minimum absolute atomic E-state index is 0.594. The smallest absolute Gasteiger partial charge is 0.0400 e. The first-order valence-corrected chi connectivity index (χ1v) is 6.69. The fourth-order valence-corrected chi connectivity index (χ4v) is 2.21. The zero-order valence-corrected chi connectivity index (χ0v) is 12.0. The van der Waals surface area contributed by atoms with Crippen LogP contribution in [0.25, 0.3) is 0 Å². The first-order chi connectivity index (χ1) is 9.10. The zero-order valence-electron chi connectivity index (χ0n) is 12.0. The highest BCUT2D eigenvalue weighted by Gasteiger charge is 2.02. The van der Waals surface area contributed by atoms with Gasteiger partial charge in [-0.2, -0.15) is 0 Å². The van der Waals surface area contributed by atoms with Gasteiger partial charge in [-0.05, 0) is 54.7 Å². The molecule has 2 heteroatoms. The average molecular weight is 254 g/mol. The van der Waals surface area contributed by atoms with E-state index in [1.54, 1.807) is 0 Å². The molecule has 0 amide bonds. The van der Waals surface area contributed by atoms with Crippen molar-refractivity contribution in [1.82, 2.24) is 0 Å². The largest absolute Gasteiger partial charge is 0.381 e. The van der Waals surface area contributed by atoms with Crippen molar-refractivity contribution in [3.8, 4) is 0 Å². The standard InChI is InChI=1S/C17H22N2/c1-12-7-14(3)17(8-13(12)2)19-11-16-6-4-5-15(9-16)10-18/h4-9,19H,10-11,18H2,1-3H3. The Balaban J connectivity index is 2.12. The van der Waals surface area contributed by atoms with E-state index in [0.717, 1.165) is 6.54 Å². The summed E-state index contributed by atoms with van der Waals surface area (Å²) in [6.45, 7) is 7.87. The normalized spacial score (nSPS) is 10.5. The molecule has 0 saturated heterocycles. The number of aryl methyl sites for hydroxylation is 3. The van der Waals surface area contributed by atoms with Gasteiger partial charge in [-0.15, -0.1) is 0 Å². The highest BCUT2D eigenvalue weighted by molar-refractivity contribution is 5.55. The van der Waals surface area contributed by atoms with Crippen molar-refractivity contribution in [2.45, 2.75) is 33.9 Å². The van der Waals surface area contributed by atoms with Gasteiger partial charge in [0.25, 0.3) is 0 Å². The van der Waals surface area contributed by atoms with Crippen LogP contribution in [0.4, 0.5) is 5.69 Å². The quantitative estimate of drug-likeness (QED) is 0.873. The molecule has 0 aromatic heterocycles. The maximum Gasteiger partial charge on any atom is 0.0400 e. The lowest BCUT2D eigenvalue weighted by molar-refractivity contribution is 1.05. The predicted octanol–water partition coefficient (Wildman–Crippen LogP) is 3.68. The molecular weight excluding hydrogens is 232 g/mol. The number of rotatable bonds is 4. The summed E-state index contributed by atoms with van der Waals surface area (Å²) < 4.78 is 0. The Morgan fingerprint density at radius 3 is 2.32 bits per heavy atom. The minimum Gasteiger partial charge on any atom is -0.381 e. The number of hydrogen-bond acceptors (Lipinski definition) is 2. The van der Waals surface area contributed by atoms with Crippen LogP contribution in [-0.4, -0.2) is 0 Å². The third kappa shape index (κ3) is 3.36. The Morgan fingerprint density at radius 2 is 1.58 bits per heavy atom. The molecule has 0 aliphatic rings. The van der Waals surface area contributed by atoms with Gasteiger partial charge in [-0.25, -0.2) is 0 Å². The molecule has 0 aliphatic carbocycles. The molecule has 0 bridgehead atoms. The van der Waals surface area contributed by atoms with Gasteiger partial charge in [0.05, 0.1) is 0 Å². The summed E-state index contributed by atoms with van der Waals surface area (Å²) in [6.07, 6.45) is 0. The second kappa shape index (κ2) is 5.89. The van der Waals surface area contributed by atoms with Crippen LogP contribution in [0.3, 0.4) is 0 Å². The third-order valence-corrected chi connectivity index (χ3v) is 3.55. The van der Waals surface area contributed by atoms with Gasteiger partial charge >= 0.3 is 0 Å². The van der Waals surface area contributed by atoms with Crippen LogP contribution in [0.15, 0.2) is 36.4 Å². The SMILES string of the molecule is Cc1cc(C)c(NCc2cccc(CN)c2)cc1C. The highest BCUT2D eigenvalue weighted by Crippen LogP contribution is 2.20. The molecule has 0 radical (unpaired) electrons. The third-order valence-electron chi connectivity index (χ3n) is 3.55. The first-order valence-electron chi connectivity index (χ1n) is 6.69. The predicted molar refractivity (Wildman–Crippen MR) is 82.3 cm³/mol. The van der Waals surface area contributed by atoms with Crippen LogP contribution >= 0.6 is 0 Å². The minimum atomic E-state index is 0.594. The van der Waals surface area contributed by atoms with Crippen LogP contribution < -0.4 is 11.1 Å². The molecule has 0 unspecified atom stereocenters. The molecule has 3 N–H and O–H groups in total. The number of hydrogen-bond donors (Lipinski definition) is 2. The molecule has 2 aromatic carbocycles. The average Bonchev–Trinajstić information content (AvgIpc) is 2.41. The monoisotopic (exact) mass is 254 g/mol. The lowest BCUT2D eigenvalue weighted by Crippen LogP contribution is -2.03. The zero-order chi connectivity index (χ0) is 13.8. The van der Waals surface area contributed by atoms with Crippen LogP contribution in [0, 0.1) is 20.8 Å². The molecule has 0 aliphatic heterocycles. The maximum absolute atomic E-state index is 5.67. The number of nitrogens with two attached hydrogens (primary N) is 1. The van der Waals surface area contributed by atoms with E-state index in [2.05, 4.69) is 62.5 Å². The van der Waals surface area contributed by atoms with E-state index in [1.165, 1.54) is 33.5 Å². The molecule has 2 nitrogen and oxygen atoms in total. The molecule has 0 atom stereocenters. The van der Waals surface area contributed by atoms with E-state index < -0.39 is 0 Å². The number of benzene rings is 2. The molecule has 100 valence electrons. The van der Waals surface area contributed by atoms with Gasteiger partial charge < -0.3 is 11.1 Å². The fraction of sp³-hybridized carbons (Fsp3) is 0.294. The van der Waals surface area contributed by atoms with E-state index in [9.17, 15) is 0 Å². The van der Waals surface area contributed by atoms with Crippen molar-refractivity contribution in [3.05, 3.63) is 64.2 Å². The van der Waals surface area contributed by atoms with Gasteiger partial charge in [-0.3, -0.25) is 0 Å². The number of anilines is 1. The van der Waals surface area contributed by atoms with Gasteiger partial charge in [0.2, 0.25) is 0 Å². The Morgan fingerprint density at radius 1 is 0.895 bits per heavy atom. The summed E-state index contributed by atoms with van der Waals surface area (Å²) in [5.74, 6) is 0. The lowest BCUT2D eigenvalue weighted by Gasteiger charge is -2.13. The molecule has 2 rings (SSSR count). The van der Waals surface area contributed by atoms with E-state index in [1.807, 2.05) is 0 Å². The van der Waals surface area contributed by atoms with Crippen LogP contribution in [0.1, 0.15) is 27.8 Å². The van der Waals surface area contributed by atoms with Crippen LogP contribution in [-0.2, 0) is 13.1 Å². The second-order valence-corrected chi connectivity index (χ2v) is 5.13. The molecule has 0 spiro atoms. The van der Waals surface area contributed by atoms with Crippen molar-refractivity contribution < 1.29 is 0 Å². The van der Waals surface area contributed by atoms with Crippen molar-refractivity contribution in [3.63, 3.8) is 0 Å². The lowest BCUT2D eigenvalue weighted by atomic mass is 10.0. The van der Waals surface area contributed by atoms with Crippen LogP contribution in [0.2, 0.25) is 0 Å². The van der Waals surface area contributed by atoms with Crippen molar-refractivity contribution in [2.24, 2.45) is 5.73 Å². The van der Waals surface area contributed by atoms with Gasteiger partial charge in [0.15, 0.2) is 0 Å². The van der Waals surface area contributed by atoms with Crippen molar-refractivity contribution >= 4 is 5.69 Å². The van der Waals surface area contributed by atoms with E-state index in [4.69, 9.17) is 5.73 Å². The van der Waals surface area contributed by atoms with E-state index in [-0.39, 0.29) is 0 Å². The van der Waals surface area contributed by atoms with Gasteiger partial charge in [0.1, 0.15) is 0 Å². The highest BCUT2D eigenvalue weighted by atomic mass is 14.9. The Hall–Kier alpha value is -1.80. The molecule has 0 heterocycles. The van der Waals surface area contributed by atoms with Gasteiger partial charge in [-0.1, -0.05) is 30.3 Å². The molecule has 19 heavy (non-hydrogen) atoms. The molecular formula is C17H22N2. The van der Waals surface area contributed by atoms with Crippen molar-refractivity contribution in [2.75, 3.05) is 5.32 Å². The molecule has 0 fully saturated rings. The Labute approximate surface area is 115 Å².